The average Bonchev–Trinajstić information content (AvgIpc) is 3.07. The summed E-state index contributed by atoms with van der Waals surface area (Å²) in [4.78, 5) is 23.2. The summed E-state index contributed by atoms with van der Waals surface area (Å²) < 4.78 is 1.71. The van der Waals surface area contributed by atoms with Gasteiger partial charge in [0.25, 0.3) is 0 Å². The minimum atomic E-state index is -1.15. The second-order valence-corrected chi connectivity index (χ2v) is 8.00. The molecule has 0 aliphatic rings. The molecule has 0 saturated heterocycles. The van der Waals surface area contributed by atoms with Crippen molar-refractivity contribution in [3.8, 4) is 5.69 Å². The monoisotopic (exact) mass is 407 g/mol. The zero-order chi connectivity index (χ0) is 21.9. The Bertz CT molecular complexity index is 1050. The van der Waals surface area contributed by atoms with Crippen molar-refractivity contribution >= 4 is 29.3 Å². The largest absolute Gasteiger partial charge is 0.465 e. The number of hydrogen-bond acceptors (Lipinski definition) is 3. The standard InChI is InChI=1S/C22H25N5O3/c1-14-5-11-17(12-6-14)27-19(13-18(26-27)22(2,3)4)25-20(28)23-15-7-9-16(10-8-15)24-21(29)30/h5-13,24H,1-4H3,(H,29,30)(H2,23,25,28). The van der Waals surface area contributed by atoms with Gasteiger partial charge in [0.2, 0.25) is 0 Å². The van der Waals surface area contributed by atoms with E-state index in [2.05, 4.69) is 36.7 Å². The summed E-state index contributed by atoms with van der Waals surface area (Å²) >= 11 is 0. The van der Waals surface area contributed by atoms with Gasteiger partial charge in [-0.05, 0) is 43.3 Å². The number of amides is 3. The Labute approximate surface area is 174 Å². The average molecular weight is 407 g/mol. The highest BCUT2D eigenvalue weighted by Gasteiger charge is 2.21. The third kappa shape index (κ3) is 5.16. The number of carbonyl (C=O) groups excluding carboxylic acids is 1. The molecule has 30 heavy (non-hydrogen) atoms. The van der Waals surface area contributed by atoms with Gasteiger partial charge in [-0.2, -0.15) is 5.10 Å². The Hall–Kier alpha value is -3.81. The van der Waals surface area contributed by atoms with Crippen molar-refractivity contribution in [3.05, 3.63) is 65.9 Å². The zero-order valence-corrected chi connectivity index (χ0v) is 17.4. The van der Waals surface area contributed by atoms with E-state index in [0.29, 0.717) is 17.2 Å². The van der Waals surface area contributed by atoms with E-state index in [0.717, 1.165) is 16.9 Å². The lowest BCUT2D eigenvalue weighted by molar-refractivity contribution is 0.209. The first kappa shape index (κ1) is 20.9. The molecule has 0 spiro atoms. The number of urea groups is 1. The highest BCUT2D eigenvalue weighted by atomic mass is 16.4. The van der Waals surface area contributed by atoms with Crippen LogP contribution in [0.3, 0.4) is 0 Å². The molecule has 156 valence electrons. The molecule has 8 nitrogen and oxygen atoms in total. The Balaban J connectivity index is 1.80. The van der Waals surface area contributed by atoms with Gasteiger partial charge in [-0.1, -0.05) is 38.5 Å². The number of aryl methyl sites for hydroxylation is 1. The zero-order valence-electron chi connectivity index (χ0n) is 17.4. The number of nitrogens with zero attached hydrogens (tertiary/aromatic N) is 2. The molecule has 4 N–H and O–H groups in total. The highest BCUT2D eigenvalue weighted by molar-refractivity contribution is 5.99. The van der Waals surface area contributed by atoms with E-state index in [1.54, 1.807) is 28.9 Å². The van der Waals surface area contributed by atoms with E-state index in [1.165, 1.54) is 0 Å². The van der Waals surface area contributed by atoms with Crippen molar-refractivity contribution in [3.63, 3.8) is 0 Å². The maximum absolute atomic E-state index is 12.6. The van der Waals surface area contributed by atoms with Crippen LogP contribution in [0.2, 0.25) is 0 Å². The van der Waals surface area contributed by atoms with Crippen LogP contribution in [0, 0.1) is 6.92 Å². The van der Waals surface area contributed by atoms with Gasteiger partial charge in [-0.25, -0.2) is 14.3 Å². The predicted molar refractivity (Wildman–Crippen MR) is 118 cm³/mol. The van der Waals surface area contributed by atoms with Gasteiger partial charge in [0, 0.05) is 22.9 Å². The van der Waals surface area contributed by atoms with Gasteiger partial charge in [0.1, 0.15) is 5.82 Å². The van der Waals surface area contributed by atoms with Crippen LogP contribution in [0.5, 0.6) is 0 Å². The van der Waals surface area contributed by atoms with Crippen LogP contribution >= 0.6 is 0 Å². The minimum Gasteiger partial charge on any atom is -0.465 e. The number of carbonyl (C=O) groups is 2. The third-order valence-corrected chi connectivity index (χ3v) is 4.39. The first-order valence-electron chi connectivity index (χ1n) is 9.47. The fourth-order valence-corrected chi connectivity index (χ4v) is 2.76. The molecule has 0 aliphatic carbocycles. The lowest BCUT2D eigenvalue weighted by Crippen LogP contribution is -2.21. The quantitative estimate of drug-likeness (QED) is 0.476. The van der Waals surface area contributed by atoms with Crippen molar-refractivity contribution < 1.29 is 14.7 Å². The van der Waals surface area contributed by atoms with E-state index in [1.807, 2.05) is 37.3 Å². The molecule has 2 aromatic carbocycles. The normalized spacial score (nSPS) is 11.1. The molecule has 3 amide bonds. The van der Waals surface area contributed by atoms with Crippen LogP contribution in [-0.2, 0) is 5.41 Å². The van der Waals surface area contributed by atoms with Gasteiger partial charge in [0.05, 0.1) is 11.4 Å². The van der Waals surface area contributed by atoms with Gasteiger partial charge in [-0.3, -0.25) is 10.6 Å². The highest BCUT2D eigenvalue weighted by Crippen LogP contribution is 2.26. The summed E-state index contributed by atoms with van der Waals surface area (Å²) in [7, 11) is 0. The molecular formula is C22H25N5O3. The first-order chi connectivity index (χ1) is 14.1. The Morgan fingerprint density at radius 2 is 1.47 bits per heavy atom. The van der Waals surface area contributed by atoms with Gasteiger partial charge in [-0.15, -0.1) is 0 Å². The van der Waals surface area contributed by atoms with Crippen LogP contribution in [-0.4, -0.2) is 27.0 Å². The Morgan fingerprint density at radius 3 is 2.00 bits per heavy atom. The number of benzene rings is 2. The topological polar surface area (TPSA) is 108 Å². The molecular weight excluding hydrogens is 382 g/mol. The van der Waals surface area contributed by atoms with Crippen molar-refractivity contribution in [1.82, 2.24) is 9.78 Å². The molecule has 0 bridgehead atoms. The summed E-state index contributed by atoms with van der Waals surface area (Å²) in [6, 6.07) is 15.7. The maximum Gasteiger partial charge on any atom is 0.409 e. The maximum atomic E-state index is 12.6. The van der Waals surface area contributed by atoms with Crippen LogP contribution in [0.4, 0.5) is 26.8 Å². The molecule has 0 unspecified atom stereocenters. The number of aromatic nitrogens is 2. The van der Waals surface area contributed by atoms with E-state index in [9.17, 15) is 9.59 Å². The molecule has 1 heterocycles. The summed E-state index contributed by atoms with van der Waals surface area (Å²) in [5.41, 5.74) is 3.59. The van der Waals surface area contributed by atoms with Crippen LogP contribution in [0.1, 0.15) is 32.0 Å². The van der Waals surface area contributed by atoms with Crippen LogP contribution < -0.4 is 16.0 Å². The van der Waals surface area contributed by atoms with Crippen molar-refractivity contribution in [2.75, 3.05) is 16.0 Å². The SMILES string of the molecule is Cc1ccc(-n2nc(C(C)(C)C)cc2NC(=O)Nc2ccc(NC(=O)O)cc2)cc1. The number of anilines is 3. The summed E-state index contributed by atoms with van der Waals surface area (Å²) in [6.45, 7) is 8.19. The van der Waals surface area contributed by atoms with E-state index in [4.69, 9.17) is 10.2 Å². The van der Waals surface area contributed by atoms with Gasteiger partial charge in [0.15, 0.2) is 0 Å². The lowest BCUT2D eigenvalue weighted by atomic mass is 9.92. The molecule has 3 aromatic rings. The Morgan fingerprint density at radius 1 is 0.900 bits per heavy atom. The molecule has 0 radical (unpaired) electrons. The number of carboxylic acid groups (broad SMARTS) is 1. The Kier molecular flexibility index (Phi) is 5.77. The minimum absolute atomic E-state index is 0.185. The third-order valence-electron chi connectivity index (χ3n) is 4.39. The van der Waals surface area contributed by atoms with E-state index >= 15 is 0 Å². The molecule has 0 atom stereocenters. The van der Waals surface area contributed by atoms with Crippen molar-refractivity contribution in [2.24, 2.45) is 0 Å². The molecule has 0 saturated carbocycles. The van der Waals surface area contributed by atoms with Crippen molar-refractivity contribution in [2.45, 2.75) is 33.1 Å². The summed E-state index contributed by atoms with van der Waals surface area (Å²) in [5.74, 6) is 0.547. The second kappa shape index (κ2) is 8.28. The van der Waals surface area contributed by atoms with Gasteiger partial charge < -0.3 is 10.4 Å². The molecule has 0 fully saturated rings. The smallest absolute Gasteiger partial charge is 0.409 e. The van der Waals surface area contributed by atoms with E-state index in [-0.39, 0.29) is 5.41 Å². The van der Waals surface area contributed by atoms with E-state index < -0.39 is 12.1 Å². The fraction of sp³-hybridized carbons (Fsp3) is 0.227. The molecule has 3 rings (SSSR count). The number of rotatable bonds is 4. The molecule has 8 heteroatoms. The molecule has 0 aliphatic heterocycles. The number of hydrogen-bond donors (Lipinski definition) is 4. The fourth-order valence-electron chi connectivity index (χ4n) is 2.76. The first-order valence-corrected chi connectivity index (χ1v) is 9.47. The van der Waals surface area contributed by atoms with Gasteiger partial charge >= 0.3 is 12.1 Å². The molecule has 1 aromatic heterocycles. The predicted octanol–water partition coefficient (Wildman–Crippen LogP) is 5.21. The van der Waals surface area contributed by atoms with Crippen LogP contribution in [0.15, 0.2) is 54.6 Å². The van der Waals surface area contributed by atoms with Crippen molar-refractivity contribution in [1.29, 1.82) is 0 Å². The second-order valence-electron chi connectivity index (χ2n) is 8.00. The summed E-state index contributed by atoms with van der Waals surface area (Å²) in [6.07, 6.45) is -1.15. The summed E-state index contributed by atoms with van der Waals surface area (Å²) in [5, 5.41) is 21.3. The van der Waals surface area contributed by atoms with Crippen LogP contribution in [0.25, 0.3) is 5.69 Å². The number of nitrogens with one attached hydrogen (secondary N) is 3. The lowest BCUT2D eigenvalue weighted by Gasteiger charge is -2.14.